The monoisotopic (exact) mass is 374 g/mol. The molecular formula is C23H26N4O. The van der Waals surface area contributed by atoms with Crippen molar-refractivity contribution in [3.8, 4) is 0 Å². The summed E-state index contributed by atoms with van der Waals surface area (Å²) in [5.74, 6) is 0.299. The number of benzene rings is 2. The summed E-state index contributed by atoms with van der Waals surface area (Å²) in [4.78, 5) is 21.3. The number of rotatable bonds is 8. The number of anilines is 1. The quantitative estimate of drug-likeness (QED) is 0.583. The highest BCUT2D eigenvalue weighted by Gasteiger charge is 2.10. The van der Waals surface area contributed by atoms with E-state index >= 15 is 0 Å². The molecule has 2 N–H and O–H groups in total. The molecule has 0 radical (unpaired) electrons. The second-order valence-electron chi connectivity index (χ2n) is 6.91. The van der Waals surface area contributed by atoms with Gasteiger partial charge in [0.1, 0.15) is 5.69 Å². The summed E-state index contributed by atoms with van der Waals surface area (Å²) in [5.41, 5.74) is 4.70. The summed E-state index contributed by atoms with van der Waals surface area (Å²) in [6.45, 7) is 5.13. The molecule has 0 unspecified atom stereocenters. The lowest BCUT2D eigenvalue weighted by Gasteiger charge is -2.09. The van der Waals surface area contributed by atoms with Crippen molar-refractivity contribution in [1.29, 1.82) is 0 Å². The highest BCUT2D eigenvalue weighted by Crippen LogP contribution is 2.08. The topological polar surface area (TPSA) is 66.9 Å². The van der Waals surface area contributed by atoms with E-state index < -0.39 is 0 Å². The van der Waals surface area contributed by atoms with E-state index in [-0.39, 0.29) is 5.91 Å². The van der Waals surface area contributed by atoms with Gasteiger partial charge in [0.15, 0.2) is 0 Å². The van der Waals surface area contributed by atoms with Crippen LogP contribution in [0.4, 0.5) is 5.95 Å². The van der Waals surface area contributed by atoms with Crippen LogP contribution >= 0.6 is 0 Å². The minimum atomic E-state index is -0.195. The third-order valence-electron chi connectivity index (χ3n) is 4.39. The average Bonchev–Trinajstić information content (AvgIpc) is 2.70. The van der Waals surface area contributed by atoms with E-state index in [0.717, 1.165) is 30.6 Å². The average molecular weight is 374 g/mol. The molecule has 0 aliphatic carbocycles. The first kappa shape index (κ1) is 19.5. The summed E-state index contributed by atoms with van der Waals surface area (Å²) in [6, 6.07) is 20.2. The van der Waals surface area contributed by atoms with Gasteiger partial charge in [0.05, 0.1) is 0 Å². The Morgan fingerprint density at radius 2 is 1.71 bits per heavy atom. The Balaban J connectivity index is 1.53. The van der Waals surface area contributed by atoms with E-state index in [9.17, 15) is 4.79 Å². The molecule has 144 valence electrons. The summed E-state index contributed by atoms with van der Waals surface area (Å²) in [6.07, 6.45) is 1.96. The van der Waals surface area contributed by atoms with Crippen molar-refractivity contribution in [2.24, 2.45) is 0 Å². The molecule has 0 saturated heterocycles. The van der Waals surface area contributed by atoms with Gasteiger partial charge in [-0.05, 0) is 43.9 Å². The molecule has 2 aromatic carbocycles. The van der Waals surface area contributed by atoms with E-state index in [2.05, 4.69) is 38.8 Å². The molecule has 28 heavy (non-hydrogen) atoms. The summed E-state index contributed by atoms with van der Waals surface area (Å²) in [7, 11) is 0. The Bertz CT molecular complexity index is 925. The van der Waals surface area contributed by atoms with Crippen molar-refractivity contribution >= 4 is 11.9 Å². The zero-order valence-corrected chi connectivity index (χ0v) is 16.4. The van der Waals surface area contributed by atoms with E-state index in [1.165, 1.54) is 11.1 Å². The SMILES string of the molecule is Cc1cccc(CNC(=O)c2cc(C)nc(NCCCc3ccccc3)n2)c1. The van der Waals surface area contributed by atoms with Crippen LogP contribution < -0.4 is 10.6 Å². The molecule has 0 fully saturated rings. The van der Waals surface area contributed by atoms with Crippen LogP contribution in [0.25, 0.3) is 0 Å². The minimum absolute atomic E-state index is 0.195. The van der Waals surface area contributed by atoms with Gasteiger partial charge in [-0.25, -0.2) is 9.97 Å². The molecule has 1 heterocycles. The third-order valence-corrected chi connectivity index (χ3v) is 4.39. The van der Waals surface area contributed by atoms with Crippen molar-refractivity contribution in [3.05, 3.63) is 88.7 Å². The van der Waals surface area contributed by atoms with Gasteiger partial charge in [0.25, 0.3) is 5.91 Å². The van der Waals surface area contributed by atoms with Crippen LogP contribution in [0, 0.1) is 13.8 Å². The van der Waals surface area contributed by atoms with Crippen molar-refractivity contribution in [3.63, 3.8) is 0 Å². The minimum Gasteiger partial charge on any atom is -0.354 e. The Hall–Kier alpha value is -3.21. The standard InChI is InChI=1S/C23H26N4O/c1-17-8-6-11-20(14-17)16-25-22(28)21-15-18(2)26-23(27-21)24-13-7-12-19-9-4-3-5-10-19/h3-6,8-11,14-15H,7,12-13,16H2,1-2H3,(H,25,28)(H,24,26,27). The van der Waals surface area contributed by atoms with Crippen LogP contribution in [-0.4, -0.2) is 22.4 Å². The van der Waals surface area contributed by atoms with Gasteiger partial charge >= 0.3 is 0 Å². The maximum atomic E-state index is 12.5. The first-order valence-electron chi connectivity index (χ1n) is 9.57. The zero-order chi connectivity index (χ0) is 19.8. The van der Waals surface area contributed by atoms with Gasteiger partial charge in [-0.2, -0.15) is 0 Å². The first-order chi connectivity index (χ1) is 13.6. The highest BCUT2D eigenvalue weighted by atomic mass is 16.1. The smallest absolute Gasteiger partial charge is 0.270 e. The molecule has 3 rings (SSSR count). The van der Waals surface area contributed by atoms with Crippen molar-refractivity contribution < 1.29 is 4.79 Å². The highest BCUT2D eigenvalue weighted by molar-refractivity contribution is 5.92. The summed E-state index contributed by atoms with van der Waals surface area (Å²) >= 11 is 0. The van der Waals surface area contributed by atoms with E-state index in [1.54, 1.807) is 6.07 Å². The van der Waals surface area contributed by atoms with Gasteiger partial charge in [0.2, 0.25) is 5.95 Å². The maximum Gasteiger partial charge on any atom is 0.270 e. The van der Waals surface area contributed by atoms with Gasteiger partial charge < -0.3 is 10.6 Å². The molecule has 0 saturated carbocycles. The Labute approximate surface area is 166 Å². The molecule has 0 aliphatic rings. The van der Waals surface area contributed by atoms with E-state index in [4.69, 9.17) is 0 Å². The number of hydrogen-bond donors (Lipinski definition) is 2. The Morgan fingerprint density at radius 3 is 2.50 bits per heavy atom. The molecule has 1 amide bonds. The van der Waals surface area contributed by atoms with Gasteiger partial charge in [-0.15, -0.1) is 0 Å². The lowest BCUT2D eigenvalue weighted by atomic mass is 10.1. The normalized spacial score (nSPS) is 10.5. The molecular weight excluding hydrogens is 348 g/mol. The number of nitrogens with one attached hydrogen (secondary N) is 2. The molecule has 3 aromatic rings. The Morgan fingerprint density at radius 1 is 0.929 bits per heavy atom. The maximum absolute atomic E-state index is 12.5. The number of carbonyl (C=O) groups is 1. The number of aryl methyl sites for hydroxylation is 3. The van der Waals surface area contributed by atoms with Crippen LogP contribution in [-0.2, 0) is 13.0 Å². The largest absolute Gasteiger partial charge is 0.354 e. The third kappa shape index (κ3) is 5.91. The second-order valence-corrected chi connectivity index (χ2v) is 6.91. The van der Waals surface area contributed by atoms with Crippen LogP contribution in [0.1, 0.15) is 39.3 Å². The van der Waals surface area contributed by atoms with Crippen LogP contribution in [0.15, 0.2) is 60.7 Å². The number of aromatic nitrogens is 2. The number of hydrogen-bond acceptors (Lipinski definition) is 4. The fourth-order valence-electron chi connectivity index (χ4n) is 3.00. The lowest BCUT2D eigenvalue weighted by molar-refractivity contribution is 0.0945. The zero-order valence-electron chi connectivity index (χ0n) is 16.4. The van der Waals surface area contributed by atoms with Crippen LogP contribution in [0.2, 0.25) is 0 Å². The van der Waals surface area contributed by atoms with Gasteiger partial charge in [-0.1, -0.05) is 60.2 Å². The molecule has 5 heteroatoms. The van der Waals surface area contributed by atoms with E-state index in [1.807, 2.05) is 50.2 Å². The van der Waals surface area contributed by atoms with Crippen molar-refractivity contribution in [2.75, 3.05) is 11.9 Å². The molecule has 0 atom stereocenters. The molecule has 0 spiro atoms. The fourth-order valence-corrected chi connectivity index (χ4v) is 3.00. The van der Waals surface area contributed by atoms with Crippen molar-refractivity contribution in [2.45, 2.75) is 33.2 Å². The number of carbonyl (C=O) groups excluding carboxylic acids is 1. The molecule has 0 bridgehead atoms. The number of amides is 1. The van der Waals surface area contributed by atoms with Crippen molar-refractivity contribution in [1.82, 2.24) is 15.3 Å². The number of nitrogens with zero attached hydrogens (tertiary/aromatic N) is 2. The van der Waals surface area contributed by atoms with Gasteiger partial charge in [-0.3, -0.25) is 4.79 Å². The van der Waals surface area contributed by atoms with Crippen LogP contribution in [0.5, 0.6) is 0 Å². The Kier molecular flexibility index (Phi) is 6.73. The molecule has 5 nitrogen and oxygen atoms in total. The first-order valence-corrected chi connectivity index (χ1v) is 9.57. The van der Waals surface area contributed by atoms with E-state index in [0.29, 0.717) is 18.2 Å². The predicted octanol–water partition coefficient (Wildman–Crippen LogP) is 4.07. The second kappa shape index (κ2) is 9.65. The molecule has 1 aromatic heterocycles. The lowest BCUT2D eigenvalue weighted by Crippen LogP contribution is -2.24. The summed E-state index contributed by atoms with van der Waals surface area (Å²) in [5, 5.41) is 6.16. The molecule has 0 aliphatic heterocycles. The predicted molar refractivity (Wildman–Crippen MR) is 112 cm³/mol. The summed E-state index contributed by atoms with van der Waals surface area (Å²) < 4.78 is 0. The van der Waals surface area contributed by atoms with Crippen LogP contribution in [0.3, 0.4) is 0 Å². The fraction of sp³-hybridized carbons (Fsp3) is 0.261. The van der Waals surface area contributed by atoms with Gasteiger partial charge in [0, 0.05) is 18.8 Å².